The van der Waals surface area contributed by atoms with Crippen LogP contribution in [0.25, 0.3) is 16.6 Å². The lowest BCUT2D eigenvalue weighted by Gasteiger charge is -2.10. The number of ketones is 1. The molecule has 0 saturated carbocycles. The van der Waals surface area contributed by atoms with E-state index in [-0.39, 0.29) is 17.0 Å². The number of thioether (sulfide) groups is 1. The molecule has 31 heavy (non-hydrogen) atoms. The molecule has 158 valence electrons. The third-order valence-corrected chi connectivity index (χ3v) is 5.69. The molecule has 0 aliphatic rings. The van der Waals surface area contributed by atoms with Gasteiger partial charge in [-0.1, -0.05) is 23.9 Å². The zero-order chi connectivity index (χ0) is 22.0. The molecule has 0 fully saturated rings. The molecule has 4 rings (SSSR count). The van der Waals surface area contributed by atoms with Crippen LogP contribution < -0.4 is 20.6 Å². The number of carbonyl (C=O) groups excluding carboxylic acids is 1. The molecule has 0 atom stereocenters. The first kappa shape index (κ1) is 20.6. The molecular weight excluding hydrogens is 420 g/mol. The van der Waals surface area contributed by atoms with Crippen LogP contribution in [0.3, 0.4) is 0 Å². The highest BCUT2D eigenvalue weighted by Crippen LogP contribution is 2.19. The summed E-state index contributed by atoms with van der Waals surface area (Å²) < 4.78 is 12.8. The lowest BCUT2D eigenvalue weighted by atomic mass is 10.2. The SMILES string of the molecule is CCn1c(SCC(=O)c2c(=O)o[nH][n+]2-c2ccc(OC)cc2)nc2ccccc2c1=O. The zero-order valence-corrected chi connectivity index (χ0v) is 17.6. The summed E-state index contributed by atoms with van der Waals surface area (Å²) in [4.78, 5) is 42.4. The van der Waals surface area contributed by atoms with Crippen LogP contribution in [0.5, 0.6) is 5.75 Å². The molecule has 2 aromatic heterocycles. The summed E-state index contributed by atoms with van der Waals surface area (Å²) in [6, 6.07) is 13.8. The Morgan fingerprint density at radius 1 is 1.19 bits per heavy atom. The second-order valence-electron chi connectivity index (χ2n) is 6.54. The highest BCUT2D eigenvalue weighted by molar-refractivity contribution is 7.99. The summed E-state index contributed by atoms with van der Waals surface area (Å²) in [6.45, 7) is 2.24. The minimum Gasteiger partial charge on any atom is -0.497 e. The molecule has 0 saturated heterocycles. The Kier molecular flexibility index (Phi) is 5.72. The number of fused-ring (bicyclic) bond motifs is 1. The first-order valence-electron chi connectivity index (χ1n) is 9.47. The number of nitrogens with zero attached hydrogens (tertiary/aromatic N) is 3. The fourth-order valence-electron chi connectivity index (χ4n) is 3.16. The average molecular weight is 439 g/mol. The Labute approximate surface area is 180 Å². The Balaban J connectivity index is 1.64. The van der Waals surface area contributed by atoms with Gasteiger partial charge in [-0.3, -0.25) is 18.7 Å². The molecule has 0 amide bonds. The standard InChI is InChI=1S/C21H18N4O5S/c1-3-24-19(27)15-6-4-5-7-16(15)22-21(24)31-12-17(26)18-20(28)30-23-25(18)13-8-10-14(29-2)11-9-13/h4-11H,3,12H2,1-2H3/p+1. The van der Waals surface area contributed by atoms with E-state index >= 15 is 0 Å². The van der Waals surface area contributed by atoms with Crippen LogP contribution in [0.4, 0.5) is 0 Å². The Morgan fingerprint density at radius 3 is 2.65 bits per heavy atom. The fourth-order valence-corrected chi connectivity index (χ4v) is 4.09. The highest BCUT2D eigenvalue weighted by Gasteiger charge is 2.31. The maximum atomic E-state index is 12.9. The van der Waals surface area contributed by atoms with Crippen molar-refractivity contribution in [3.63, 3.8) is 0 Å². The first-order valence-corrected chi connectivity index (χ1v) is 10.5. The van der Waals surface area contributed by atoms with Gasteiger partial charge in [0.05, 0.1) is 23.8 Å². The van der Waals surface area contributed by atoms with Gasteiger partial charge in [-0.15, -0.1) is 0 Å². The molecule has 4 aromatic rings. The zero-order valence-electron chi connectivity index (χ0n) is 16.8. The number of aromatic amines is 1. The summed E-state index contributed by atoms with van der Waals surface area (Å²) >= 11 is 1.10. The number of benzene rings is 2. The molecule has 1 N–H and O–H groups in total. The molecule has 0 bridgehead atoms. The largest absolute Gasteiger partial charge is 0.497 e. The van der Waals surface area contributed by atoms with Gasteiger partial charge in [-0.2, -0.15) is 0 Å². The van der Waals surface area contributed by atoms with Crippen LogP contribution in [-0.2, 0) is 6.54 Å². The van der Waals surface area contributed by atoms with Crippen LogP contribution in [0.1, 0.15) is 17.4 Å². The molecule has 2 aromatic carbocycles. The maximum absolute atomic E-state index is 12.9. The number of nitrogens with one attached hydrogen (secondary N) is 1. The molecule has 0 spiro atoms. The van der Waals surface area contributed by atoms with Gasteiger partial charge in [0, 0.05) is 18.7 Å². The quantitative estimate of drug-likeness (QED) is 0.203. The summed E-state index contributed by atoms with van der Waals surface area (Å²) in [5.41, 5.74) is -0.00183. The monoisotopic (exact) mass is 439 g/mol. The molecule has 0 unspecified atom stereocenters. The van der Waals surface area contributed by atoms with Crippen LogP contribution >= 0.6 is 11.8 Å². The van der Waals surface area contributed by atoms with Gasteiger partial charge in [0.25, 0.3) is 5.56 Å². The Bertz CT molecular complexity index is 1370. The molecule has 2 heterocycles. The van der Waals surface area contributed by atoms with E-state index in [9.17, 15) is 14.4 Å². The predicted molar refractivity (Wildman–Crippen MR) is 114 cm³/mol. The van der Waals surface area contributed by atoms with Crippen molar-refractivity contribution in [2.45, 2.75) is 18.6 Å². The van der Waals surface area contributed by atoms with E-state index < -0.39 is 11.4 Å². The molecular formula is C21H19N4O5S+. The van der Waals surface area contributed by atoms with E-state index in [1.807, 2.05) is 6.92 Å². The summed E-state index contributed by atoms with van der Waals surface area (Å²) in [5.74, 6) is 0.0863. The number of para-hydroxylation sites is 1. The first-order chi connectivity index (χ1) is 15.0. The number of rotatable bonds is 7. The fraction of sp³-hybridized carbons (Fsp3) is 0.190. The summed E-state index contributed by atoms with van der Waals surface area (Å²) in [5, 5.41) is 3.38. The predicted octanol–water partition coefficient (Wildman–Crippen LogP) is 1.96. The number of ether oxygens (including phenoxy) is 1. The van der Waals surface area contributed by atoms with Gasteiger partial charge in [-0.25, -0.2) is 9.78 Å². The minimum atomic E-state index is -0.777. The number of Topliss-reactive ketones (excluding diaryl/α,β-unsaturated/α-hetero) is 1. The molecule has 0 aliphatic carbocycles. The molecule has 9 nitrogen and oxygen atoms in total. The van der Waals surface area contributed by atoms with E-state index in [0.29, 0.717) is 34.0 Å². The lowest BCUT2D eigenvalue weighted by molar-refractivity contribution is -0.672. The van der Waals surface area contributed by atoms with Crippen molar-refractivity contribution in [2.24, 2.45) is 0 Å². The van der Waals surface area contributed by atoms with Gasteiger partial charge in [-0.05, 0) is 41.1 Å². The van der Waals surface area contributed by atoms with Gasteiger partial charge < -0.3 is 4.74 Å². The van der Waals surface area contributed by atoms with Crippen LogP contribution in [-0.4, -0.2) is 33.5 Å². The van der Waals surface area contributed by atoms with E-state index in [2.05, 4.69) is 10.3 Å². The van der Waals surface area contributed by atoms with Crippen molar-refractivity contribution < 1.29 is 18.7 Å². The number of methoxy groups -OCH3 is 1. The topological polar surface area (TPSA) is 111 Å². The normalized spacial score (nSPS) is 11.0. The average Bonchev–Trinajstić information content (AvgIpc) is 3.19. The van der Waals surface area contributed by atoms with Crippen LogP contribution in [0.15, 0.2) is 67.8 Å². The van der Waals surface area contributed by atoms with Crippen molar-refractivity contribution >= 4 is 28.4 Å². The lowest BCUT2D eigenvalue weighted by Crippen LogP contribution is -2.41. The second-order valence-corrected chi connectivity index (χ2v) is 7.48. The number of hydrogen-bond acceptors (Lipinski definition) is 7. The molecule has 10 heteroatoms. The number of H-pyrrole nitrogens is 1. The third kappa shape index (κ3) is 3.89. The van der Waals surface area contributed by atoms with E-state index in [1.165, 1.54) is 9.25 Å². The van der Waals surface area contributed by atoms with Crippen LogP contribution in [0.2, 0.25) is 0 Å². The van der Waals surface area contributed by atoms with Crippen LogP contribution in [0, 0.1) is 0 Å². The number of carbonyl (C=O) groups is 1. The number of aromatic nitrogens is 4. The van der Waals surface area contributed by atoms with Gasteiger partial charge in [0.1, 0.15) is 5.75 Å². The summed E-state index contributed by atoms with van der Waals surface area (Å²) in [6.07, 6.45) is 0. The minimum absolute atomic E-state index is 0.0937. The Hall–Kier alpha value is -3.66. The van der Waals surface area contributed by atoms with Gasteiger partial charge in [0.15, 0.2) is 5.16 Å². The highest BCUT2D eigenvalue weighted by atomic mass is 32.2. The van der Waals surface area contributed by atoms with E-state index in [0.717, 1.165) is 11.8 Å². The van der Waals surface area contributed by atoms with Gasteiger partial charge in [0.2, 0.25) is 11.5 Å². The van der Waals surface area contributed by atoms with Crippen molar-refractivity contribution in [3.8, 4) is 11.4 Å². The number of hydrogen-bond donors (Lipinski definition) is 1. The smallest absolute Gasteiger partial charge is 0.438 e. The van der Waals surface area contributed by atoms with Crippen molar-refractivity contribution in [1.82, 2.24) is 14.8 Å². The van der Waals surface area contributed by atoms with E-state index in [1.54, 1.807) is 55.6 Å². The second kappa shape index (κ2) is 8.60. The van der Waals surface area contributed by atoms with Gasteiger partial charge >= 0.3 is 11.3 Å². The molecule has 0 aliphatic heterocycles. The summed E-state index contributed by atoms with van der Waals surface area (Å²) in [7, 11) is 1.55. The van der Waals surface area contributed by atoms with E-state index in [4.69, 9.17) is 9.26 Å². The molecule has 0 radical (unpaired) electrons. The van der Waals surface area contributed by atoms with Crippen molar-refractivity contribution in [3.05, 3.63) is 75.0 Å². The maximum Gasteiger partial charge on any atom is 0.438 e. The Morgan fingerprint density at radius 2 is 1.94 bits per heavy atom. The van der Waals surface area contributed by atoms with Crippen molar-refractivity contribution in [1.29, 1.82) is 0 Å². The third-order valence-electron chi connectivity index (χ3n) is 4.72. The van der Waals surface area contributed by atoms with Crippen molar-refractivity contribution in [2.75, 3.05) is 12.9 Å².